The zero-order chi connectivity index (χ0) is 54.6. The van der Waals surface area contributed by atoms with Crippen LogP contribution in [0.2, 0.25) is 0 Å². The van der Waals surface area contributed by atoms with Gasteiger partial charge in [-0.2, -0.15) is 0 Å². The van der Waals surface area contributed by atoms with Gasteiger partial charge in [0.05, 0.1) is 16.5 Å². The van der Waals surface area contributed by atoms with Gasteiger partial charge in [0, 0.05) is 39.2 Å². The SMILES string of the molecule is c1ccc(-c2ccc(-c3ccc(N(c4cccc(-c5ccc6c(c5)C5(c7ccccc7Oc7ccccc75)c5ccccc5-6)c4)c4ccccc4-c4ccc5c(c4)C4(c6ccccc6Oc6ccccc64)c4ccccc4-5)cc3)cc2)cc1. The first-order valence-electron chi connectivity index (χ1n) is 28.6. The van der Waals surface area contributed by atoms with Crippen molar-refractivity contribution in [2.24, 2.45) is 0 Å². The van der Waals surface area contributed by atoms with E-state index in [2.05, 4.69) is 314 Å². The Labute approximate surface area is 483 Å². The Hall–Kier alpha value is -10.7. The van der Waals surface area contributed by atoms with E-state index < -0.39 is 10.8 Å². The van der Waals surface area contributed by atoms with E-state index in [1.165, 1.54) is 61.2 Å². The molecule has 0 atom stereocenters. The molecular formula is C80H51NO2. The van der Waals surface area contributed by atoms with Crippen LogP contribution < -0.4 is 14.4 Å². The highest BCUT2D eigenvalue weighted by molar-refractivity contribution is 5.95. The molecule has 17 rings (SSSR count). The lowest BCUT2D eigenvalue weighted by Gasteiger charge is -2.39. The van der Waals surface area contributed by atoms with Crippen LogP contribution in [0.4, 0.5) is 17.1 Å². The zero-order valence-electron chi connectivity index (χ0n) is 45.2. The van der Waals surface area contributed by atoms with Crippen LogP contribution in [0.3, 0.4) is 0 Å². The molecule has 0 radical (unpaired) electrons. The van der Waals surface area contributed by atoms with Crippen LogP contribution in [-0.2, 0) is 10.8 Å². The summed E-state index contributed by atoms with van der Waals surface area (Å²) in [5.41, 5.74) is 25.8. The van der Waals surface area contributed by atoms with Gasteiger partial charge in [-0.25, -0.2) is 0 Å². The second-order valence-corrected chi connectivity index (χ2v) is 22.2. The Bertz CT molecular complexity index is 4660. The molecule has 388 valence electrons. The lowest BCUT2D eigenvalue weighted by molar-refractivity contribution is 0.436. The van der Waals surface area contributed by atoms with Crippen LogP contribution in [0.15, 0.2) is 309 Å². The summed E-state index contributed by atoms with van der Waals surface area (Å²) in [6, 6.07) is 113. The normalized spacial score (nSPS) is 13.7. The van der Waals surface area contributed by atoms with Gasteiger partial charge >= 0.3 is 0 Å². The van der Waals surface area contributed by atoms with Crippen molar-refractivity contribution in [2.75, 3.05) is 4.90 Å². The van der Waals surface area contributed by atoms with Crippen molar-refractivity contribution >= 4 is 17.1 Å². The number of anilines is 3. The third-order valence-corrected chi connectivity index (χ3v) is 18.0. The van der Waals surface area contributed by atoms with Crippen LogP contribution in [-0.4, -0.2) is 0 Å². The fraction of sp³-hybridized carbons (Fsp3) is 0.0250. The largest absolute Gasteiger partial charge is 0.457 e. The Kier molecular flexibility index (Phi) is 10.4. The highest BCUT2D eigenvalue weighted by Crippen LogP contribution is 2.64. The third kappa shape index (κ3) is 6.92. The average molecular weight is 1060 g/mol. The standard InChI is InChI=1S/C80H51NO2/c1-2-19-52(20-3-1)53-37-39-54(40-38-53)55-41-45-59(46-42-55)81(60-22-18-21-56(49-60)57-43-47-64-62-24-4-7-26-66(62)79(72(64)50-57)68-28-9-14-33-75(68)82-76-34-15-10-29-69(76)79)74-32-13-6-23-61(74)58-44-48-65-63-25-5-8-27-67(63)80(73(65)51-58)70-30-11-16-35-77(70)83-78-36-17-12-31-71(78)80/h1-51H. The second kappa shape index (κ2) is 18.4. The third-order valence-electron chi connectivity index (χ3n) is 18.0. The van der Waals surface area contributed by atoms with Crippen molar-refractivity contribution in [1.82, 2.24) is 0 Å². The highest BCUT2D eigenvalue weighted by Gasteiger charge is 2.52. The molecule has 0 fully saturated rings. The number of rotatable bonds is 7. The van der Waals surface area contributed by atoms with Gasteiger partial charge in [-0.15, -0.1) is 0 Å². The maximum Gasteiger partial charge on any atom is 0.132 e. The van der Waals surface area contributed by atoms with E-state index in [0.29, 0.717) is 0 Å². The predicted octanol–water partition coefficient (Wildman–Crippen LogP) is 20.8. The Morgan fingerprint density at radius 2 is 0.554 bits per heavy atom. The molecule has 13 aromatic carbocycles. The molecule has 0 saturated carbocycles. The molecule has 2 aliphatic heterocycles. The van der Waals surface area contributed by atoms with Crippen molar-refractivity contribution in [3.05, 3.63) is 354 Å². The van der Waals surface area contributed by atoms with E-state index in [1.54, 1.807) is 0 Å². The molecule has 0 N–H and O–H groups in total. The lowest BCUT2D eigenvalue weighted by Crippen LogP contribution is -2.32. The molecule has 0 saturated heterocycles. The molecule has 4 aliphatic rings. The molecule has 0 bridgehead atoms. The number of hydrogen-bond donors (Lipinski definition) is 0. The minimum absolute atomic E-state index is 0.579. The van der Waals surface area contributed by atoms with Gasteiger partial charge in [-0.1, -0.05) is 243 Å². The number of fused-ring (bicyclic) bond motifs is 18. The Morgan fingerprint density at radius 1 is 0.205 bits per heavy atom. The molecule has 0 unspecified atom stereocenters. The van der Waals surface area contributed by atoms with Gasteiger partial charge in [0.15, 0.2) is 0 Å². The van der Waals surface area contributed by atoms with E-state index in [9.17, 15) is 0 Å². The highest BCUT2D eigenvalue weighted by atomic mass is 16.5. The van der Waals surface area contributed by atoms with E-state index in [0.717, 1.165) is 90.1 Å². The first kappa shape index (κ1) is 47.1. The summed E-state index contributed by atoms with van der Waals surface area (Å²) in [7, 11) is 0. The van der Waals surface area contributed by atoms with Crippen LogP contribution in [0.25, 0.3) is 66.8 Å². The summed E-state index contributed by atoms with van der Waals surface area (Å²) in [5.74, 6) is 3.53. The lowest BCUT2D eigenvalue weighted by atomic mass is 9.66. The summed E-state index contributed by atoms with van der Waals surface area (Å²) in [6.07, 6.45) is 0. The van der Waals surface area contributed by atoms with Crippen LogP contribution in [0.1, 0.15) is 44.5 Å². The maximum absolute atomic E-state index is 6.74. The molecule has 3 nitrogen and oxygen atoms in total. The molecule has 2 aliphatic carbocycles. The quantitative estimate of drug-likeness (QED) is 0.159. The molecular weight excluding hydrogens is 1010 g/mol. The molecule has 0 amide bonds. The topological polar surface area (TPSA) is 21.7 Å². The molecule has 13 aromatic rings. The predicted molar refractivity (Wildman–Crippen MR) is 338 cm³/mol. The summed E-state index contributed by atoms with van der Waals surface area (Å²) in [5, 5.41) is 0. The fourth-order valence-electron chi connectivity index (χ4n) is 14.5. The summed E-state index contributed by atoms with van der Waals surface area (Å²) < 4.78 is 13.5. The van der Waals surface area contributed by atoms with E-state index in [1.807, 2.05) is 0 Å². The monoisotopic (exact) mass is 1060 g/mol. The van der Waals surface area contributed by atoms with Crippen molar-refractivity contribution in [3.63, 3.8) is 0 Å². The van der Waals surface area contributed by atoms with Gasteiger partial charge in [0.1, 0.15) is 23.0 Å². The maximum atomic E-state index is 6.74. The Morgan fingerprint density at radius 3 is 1.07 bits per heavy atom. The number of hydrogen-bond acceptors (Lipinski definition) is 3. The fourth-order valence-corrected chi connectivity index (χ4v) is 14.5. The second-order valence-electron chi connectivity index (χ2n) is 22.2. The molecule has 83 heavy (non-hydrogen) atoms. The van der Waals surface area contributed by atoms with Gasteiger partial charge in [-0.3, -0.25) is 0 Å². The summed E-state index contributed by atoms with van der Waals surface area (Å²) >= 11 is 0. The van der Waals surface area contributed by atoms with Crippen molar-refractivity contribution in [3.8, 4) is 89.8 Å². The zero-order valence-corrected chi connectivity index (χ0v) is 45.2. The van der Waals surface area contributed by atoms with Gasteiger partial charge in [0.25, 0.3) is 0 Å². The number of ether oxygens (including phenoxy) is 2. The molecule has 0 aromatic heterocycles. The first-order chi connectivity index (χ1) is 41.1. The van der Waals surface area contributed by atoms with Crippen molar-refractivity contribution < 1.29 is 9.47 Å². The molecule has 2 heterocycles. The smallest absolute Gasteiger partial charge is 0.132 e. The van der Waals surface area contributed by atoms with Crippen LogP contribution in [0, 0.1) is 0 Å². The van der Waals surface area contributed by atoms with Gasteiger partial charge in [-0.05, 0) is 150 Å². The molecule has 3 heteroatoms. The number of benzene rings is 13. The van der Waals surface area contributed by atoms with E-state index >= 15 is 0 Å². The summed E-state index contributed by atoms with van der Waals surface area (Å²) in [6.45, 7) is 0. The van der Waals surface area contributed by atoms with Crippen LogP contribution in [0.5, 0.6) is 23.0 Å². The number of para-hydroxylation sites is 5. The number of nitrogens with zero attached hydrogens (tertiary/aromatic N) is 1. The van der Waals surface area contributed by atoms with E-state index in [4.69, 9.17) is 9.47 Å². The molecule has 2 spiro atoms. The average Bonchev–Trinajstić information content (AvgIpc) is 1.67. The minimum atomic E-state index is -0.601. The summed E-state index contributed by atoms with van der Waals surface area (Å²) in [4.78, 5) is 2.45. The van der Waals surface area contributed by atoms with Crippen LogP contribution >= 0.6 is 0 Å². The van der Waals surface area contributed by atoms with Gasteiger partial charge < -0.3 is 14.4 Å². The minimum Gasteiger partial charge on any atom is -0.457 e. The first-order valence-corrected chi connectivity index (χ1v) is 28.6. The van der Waals surface area contributed by atoms with Gasteiger partial charge in [0.2, 0.25) is 0 Å². The van der Waals surface area contributed by atoms with Crippen molar-refractivity contribution in [1.29, 1.82) is 0 Å². The van der Waals surface area contributed by atoms with Crippen molar-refractivity contribution in [2.45, 2.75) is 10.8 Å². The van der Waals surface area contributed by atoms with E-state index in [-0.39, 0.29) is 0 Å². The Balaban J connectivity index is 0.839.